The fourth-order valence-electron chi connectivity index (χ4n) is 8.77. The minimum absolute atomic E-state index is 0.00422. The first-order valence-electron chi connectivity index (χ1n) is 19.6. The molecule has 1 aromatic heterocycles. The predicted octanol–water partition coefficient (Wildman–Crippen LogP) is 5.92. The Kier molecular flexibility index (Phi) is 12.1. The number of aromatic nitrogens is 1. The van der Waals surface area contributed by atoms with Crippen molar-refractivity contribution in [2.75, 3.05) is 39.8 Å². The average molecular weight is 771 g/mol. The number of carbonyl (C=O) groups is 2. The van der Waals surface area contributed by atoms with Crippen LogP contribution in [0.1, 0.15) is 90.1 Å². The highest BCUT2D eigenvalue weighted by atomic mass is 35.5. The van der Waals surface area contributed by atoms with E-state index in [9.17, 15) is 24.6 Å². The van der Waals surface area contributed by atoms with E-state index in [2.05, 4.69) is 38.7 Å². The fraction of sp³-hybridized carbons (Fsp3) is 0.465. The molecule has 2 bridgehead atoms. The first-order valence-corrected chi connectivity index (χ1v) is 19.9. The summed E-state index contributed by atoms with van der Waals surface area (Å²) in [7, 11) is 1.52. The molecule has 1 amide bonds. The minimum atomic E-state index is -0.937. The number of rotatable bonds is 14. The number of benzene rings is 3. The van der Waals surface area contributed by atoms with E-state index < -0.39 is 11.5 Å². The van der Waals surface area contributed by atoms with Crippen LogP contribution in [0.15, 0.2) is 65.5 Å². The smallest absolute Gasteiger partial charge is 0.316 e. The maximum atomic E-state index is 14.0. The Hall–Kier alpha value is -4.42. The van der Waals surface area contributed by atoms with Gasteiger partial charge in [0.25, 0.3) is 5.91 Å². The molecule has 8 rings (SSSR count). The number of aryl methyl sites for hydroxylation is 1. The average Bonchev–Trinajstić information content (AvgIpc) is 3.20. The molecule has 3 aromatic carbocycles. The van der Waals surface area contributed by atoms with Gasteiger partial charge in [0.1, 0.15) is 17.6 Å². The number of carbonyl (C=O) groups excluding carboxylic acids is 2. The van der Waals surface area contributed by atoms with Gasteiger partial charge in [0.15, 0.2) is 0 Å². The summed E-state index contributed by atoms with van der Waals surface area (Å²) in [6, 6.07) is 17.7. The molecule has 4 fully saturated rings. The number of methoxy groups -OCH3 is 1. The van der Waals surface area contributed by atoms with E-state index in [1.807, 2.05) is 6.07 Å². The van der Waals surface area contributed by atoms with E-state index in [-0.39, 0.29) is 46.4 Å². The van der Waals surface area contributed by atoms with Crippen molar-refractivity contribution in [1.82, 2.24) is 20.5 Å². The lowest BCUT2D eigenvalue weighted by atomic mass is 9.69. The number of hydrogen-bond acceptors (Lipinski definition) is 9. The third-order valence-electron chi connectivity index (χ3n) is 11.9. The van der Waals surface area contributed by atoms with Crippen molar-refractivity contribution in [3.05, 3.63) is 104 Å². The zero-order chi connectivity index (χ0) is 38.5. The second kappa shape index (κ2) is 17.2. The van der Waals surface area contributed by atoms with Crippen molar-refractivity contribution in [2.24, 2.45) is 5.92 Å². The number of amides is 1. The van der Waals surface area contributed by atoms with Crippen molar-refractivity contribution in [1.29, 1.82) is 0 Å². The second-order valence-electron chi connectivity index (χ2n) is 15.4. The van der Waals surface area contributed by atoms with Crippen LogP contribution >= 0.6 is 11.6 Å². The predicted molar refractivity (Wildman–Crippen MR) is 212 cm³/mol. The molecule has 0 radical (unpaired) electrons. The van der Waals surface area contributed by atoms with Crippen LogP contribution in [0.3, 0.4) is 0 Å². The van der Waals surface area contributed by atoms with Gasteiger partial charge in [-0.3, -0.25) is 19.3 Å². The summed E-state index contributed by atoms with van der Waals surface area (Å²) in [5.74, 6) is 0.519. The number of phenols is 1. The van der Waals surface area contributed by atoms with Crippen molar-refractivity contribution in [2.45, 2.75) is 82.0 Å². The van der Waals surface area contributed by atoms with Crippen molar-refractivity contribution in [3.63, 3.8) is 0 Å². The highest BCUT2D eigenvalue weighted by Gasteiger charge is 2.46. The molecular formula is C43H51ClN4O7. The monoisotopic (exact) mass is 770 g/mol. The number of aliphatic hydroxyl groups excluding tert-OH is 1. The first-order chi connectivity index (χ1) is 26.6. The number of esters is 1. The molecule has 1 aliphatic carbocycles. The number of phenolic OH excluding ortho intramolecular Hbond substituents is 1. The second-order valence-corrected chi connectivity index (χ2v) is 15.8. The number of aliphatic hydroxyl groups is 1. The van der Waals surface area contributed by atoms with E-state index in [0.717, 1.165) is 82.1 Å². The summed E-state index contributed by atoms with van der Waals surface area (Å²) >= 11 is 6.62. The van der Waals surface area contributed by atoms with Crippen molar-refractivity contribution in [3.8, 4) is 11.5 Å². The minimum Gasteiger partial charge on any atom is -0.506 e. The van der Waals surface area contributed by atoms with Gasteiger partial charge in [0.2, 0.25) is 5.56 Å². The summed E-state index contributed by atoms with van der Waals surface area (Å²) < 4.78 is 12.0. The number of hydrogen-bond donors (Lipinski definition) is 5. The molecule has 11 nitrogen and oxygen atoms in total. The van der Waals surface area contributed by atoms with Crippen LogP contribution < -0.4 is 20.9 Å². The van der Waals surface area contributed by atoms with Crippen molar-refractivity contribution >= 4 is 34.4 Å². The number of nitrogens with zero attached hydrogens (tertiary/aromatic N) is 1. The zero-order valence-electron chi connectivity index (χ0n) is 31.4. The Morgan fingerprint density at radius 3 is 2.60 bits per heavy atom. The van der Waals surface area contributed by atoms with Crippen LogP contribution in [-0.2, 0) is 27.9 Å². The summed E-state index contributed by atoms with van der Waals surface area (Å²) in [5, 5.41) is 28.1. The topological polar surface area (TPSA) is 153 Å². The van der Waals surface area contributed by atoms with E-state index in [0.29, 0.717) is 53.3 Å². The molecule has 4 heterocycles. The Morgan fingerprint density at radius 1 is 1.05 bits per heavy atom. The lowest BCUT2D eigenvalue weighted by Gasteiger charge is -2.45. The third-order valence-corrected chi connectivity index (χ3v) is 12.2. The summed E-state index contributed by atoms with van der Waals surface area (Å²) in [6.45, 7) is 3.98. The number of ether oxygens (including phenoxy) is 2. The maximum Gasteiger partial charge on any atom is 0.316 e. The molecular weight excluding hydrogens is 720 g/mol. The largest absolute Gasteiger partial charge is 0.506 e. The molecule has 0 spiro atoms. The third kappa shape index (κ3) is 8.55. The molecule has 4 aromatic rings. The first kappa shape index (κ1) is 38.8. The molecule has 2 atom stereocenters. The zero-order valence-corrected chi connectivity index (χ0v) is 32.1. The SMILES string of the molecule is COc1cc(C(=O)NCCCc2cccc(C3(C(=O)O[C@H]4CN5CCC4CC5)CCCCC3)c2)c(Cl)cc1CNCC(O)c1ccc(O)c2[nH]c(=O)ccc12. The number of aromatic hydroxyl groups is 1. The van der Waals surface area contributed by atoms with Gasteiger partial charge in [-0.1, -0.05) is 61.2 Å². The van der Waals surface area contributed by atoms with Crippen LogP contribution in [-0.4, -0.2) is 77.9 Å². The highest BCUT2D eigenvalue weighted by Crippen LogP contribution is 2.42. The lowest BCUT2D eigenvalue weighted by molar-refractivity contribution is -0.167. The van der Waals surface area contributed by atoms with Gasteiger partial charge in [-0.15, -0.1) is 0 Å². The van der Waals surface area contributed by atoms with Gasteiger partial charge in [0.05, 0.1) is 34.7 Å². The standard InChI is InChI=1S/C43H51ClN4O7/c1-54-37-23-33(34(44)22-29(37)24-45-25-36(50)31-10-12-35(49)40-32(31)11-13-39(51)47-40)41(52)46-18-6-8-27-7-5-9-30(21-27)43(16-3-2-4-17-43)42(53)55-38-26-48-19-14-28(38)15-20-48/h5,7,9-13,21-23,28,36,38,45,49-50H,2-4,6,8,14-20,24-26H2,1H3,(H,46,52)(H,47,51)/t36?,38-/m0/s1. The Morgan fingerprint density at radius 2 is 1.85 bits per heavy atom. The normalized spacial score (nSPS) is 20.9. The Balaban J connectivity index is 0.929. The molecule has 1 saturated carbocycles. The lowest BCUT2D eigenvalue weighted by Crippen LogP contribution is -2.53. The van der Waals surface area contributed by atoms with E-state index in [1.165, 1.54) is 19.2 Å². The maximum absolute atomic E-state index is 14.0. The highest BCUT2D eigenvalue weighted by molar-refractivity contribution is 6.34. The molecule has 292 valence electrons. The molecule has 4 aliphatic rings. The van der Waals surface area contributed by atoms with E-state index in [4.69, 9.17) is 21.1 Å². The summed E-state index contributed by atoms with van der Waals surface area (Å²) in [4.78, 5) is 44.0. The van der Waals surface area contributed by atoms with Gasteiger partial charge in [-0.05, 0) is 98.5 Å². The molecule has 12 heteroatoms. The van der Waals surface area contributed by atoms with Crippen molar-refractivity contribution < 1.29 is 29.3 Å². The fourth-order valence-corrected chi connectivity index (χ4v) is 9.05. The number of aromatic amines is 1. The summed E-state index contributed by atoms with van der Waals surface area (Å²) in [5.41, 5.74) is 3.05. The van der Waals surface area contributed by atoms with E-state index in [1.54, 1.807) is 24.3 Å². The number of halogens is 1. The van der Waals surface area contributed by atoms with Crippen LogP contribution in [0.5, 0.6) is 11.5 Å². The quantitative estimate of drug-likeness (QED) is 0.0777. The number of nitrogens with one attached hydrogen (secondary N) is 3. The molecule has 3 saturated heterocycles. The van der Waals surface area contributed by atoms with Crippen LogP contribution in [0.25, 0.3) is 10.9 Å². The van der Waals surface area contributed by atoms with Gasteiger partial charge < -0.3 is 35.3 Å². The van der Waals surface area contributed by atoms with E-state index >= 15 is 0 Å². The number of piperidine rings is 3. The molecule has 5 N–H and O–H groups in total. The molecule has 55 heavy (non-hydrogen) atoms. The van der Waals surface area contributed by atoms with Gasteiger partial charge in [-0.25, -0.2) is 0 Å². The molecule has 1 unspecified atom stereocenters. The summed E-state index contributed by atoms with van der Waals surface area (Å²) in [6.07, 6.45) is 7.53. The number of fused-ring (bicyclic) bond motifs is 4. The van der Waals surface area contributed by atoms with Gasteiger partial charge in [0, 0.05) is 43.2 Å². The van der Waals surface area contributed by atoms with Crippen LogP contribution in [0, 0.1) is 5.92 Å². The molecule has 3 aliphatic heterocycles. The number of pyridine rings is 1. The van der Waals surface area contributed by atoms with Crippen LogP contribution in [0.2, 0.25) is 5.02 Å². The number of H-pyrrole nitrogens is 1. The Bertz CT molecular complexity index is 2070. The van der Waals surface area contributed by atoms with Gasteiger partial charge >= 0.3 is 5.97 Å². The van der Waals surface area contributed by atoms with Gasteiger partial charge in [-0.2, -0.15) is 0 Å². The Labute approximate surface area is 326 Å². The van der Waals surface area contributed by atoms with Crippen LogP contribution in [0.4, 0.5) is 0 Å².